The topological polar surface area (TPSA) is 89.6 Å². The van der Waals surface area contributed by atoms with Crippen LogP contribution in [0.1, 0.15) is 34.0 Å². The van der Waals surface area contributed by atoms with Gasteiger partial charge in [0, 0.05) is 49.0 Å². The third kappa shape index (κ3) is 4.57. The molecule has 4 aliphatic rings. The van der Waals surface area contributed by atoms with Crippen molar-refractivity contribution < 1.29 is 38.6 Å². The number of terminal acetylenes is 1. The van der Waals surface area contributed by atoms with E-state index in [1.165, 1.54) is 17.0 Å². The molecule has 8 nitrogen and oxygen atoms in total. The number of nitrogens with two attached hydrogens (primary N) is 1. The van der Waals surface area contributed by atoms with Gasteiger partial charge < -0.3 is 20.1 Å². The van der Waals surface area contributed by atoms with E-state index in [9.17, 15) is 22.0 Å². The highest BCUT2D eigenvalue weighted by Gasteiger charge is 2.73. The molecule has 14 heteroatoms. The lowest BCUT2D eigenvalue weighted by atomic mass is 9.95. The molecule has 0 spiro atoms. The third-order valence-corrected chi connectivity index (χ3v) is 9.53. The minimum Gasteiger partial charge on any atom is -0.461 e. The standard InChI is InChI=1S/C33H28F6N6O2/c1-2-19-23-16(10-22(35)24(19)36)9-18(40)11-20(23)26-25(37)27-21(13-41-26)30(45-7-4-8-46-29-28(45)33(29,38)39)43-31(42-27)47-15-32-5-3-6-44(32)14-17(34)12-32/h1,9-11,13,17,28-29H,3-8,12,14-15,40H2/t17-,28+,29-,32+/m1/s1/i15D2. The zero-order valence-electron chi connectivity index (χ0n) is 26.7. The van der Waals surface area contributed by atoms with Crippen LogP contribution in [0.25, 0.3) is 32.9 Å². The number of benzene rings is 2. The van der Waals surface area contributed by atoms with Crippen LogP contribution in [0, 0.1) is 29.8 Å². The predicted octanol–water partition coefficient (Wildman–Crippen LogP) is 5.39. The molecule has 0 radical (unpaired) electrons. The Bertz CT molecular complexity index is 2100. The molecule has 244 valence electrons. The zero-order valence-corrected chi connectivity index (χ0v) is 24.7. The fourth-order valence-corrected chi connectivity index (χ4v) is 7.38. The van der Waals surface area contributed by atoms with E-state index in [0.29, 0.717) is 19.4 Å². The summed E-state index contributed by atoms with van der Waals surface area (Å²) in [4.78, 5) is 15.8. The van der Waals surface area contributed by atoms with Crippen LogP contribution in [0.4, 0.5) is 37.8 Å². The molecule has 8 rings (SSSR count). The van der Waals surface area contributed by atoms with Gasteiger partial charge in [0.25, 0.3) is 5.92 Å². The summed E-state index contributed by atoms with van der Waals surface area (Å²) in [5.41, 5.74) is 3.24. The second kappa shape index (κ2) is 10.6. The van der Waals surface area contributed by atoms with Gasteiger partial charge in [0.15, 0.2) is 17.5 Å². The average molecular weight is 657 g/mol. The number of anilines is 2. The van der Waals surface area contributed by atoms with Gasteiger partial charge in [0.1, 0.15) is 41.9 Å². The Morgan fingerprint density at radius 3 is 2.79 bits per heavy atom. The van der Waals surface area contributed by atoms with Crippen LogP contribution in [-0.2, 0) is 4.74 Å². The molecule has 2 N–H and O–H groups in total. The van der Waals surface area contributed by atoms with Crippen LogP contribution < -0.4 is 15.4 Å². The Balaban J connectivity index is 1.34. The number of alkyl halides is 3. The van der Waals surface area contributed by atoms with Gasteiger partial charge in [-0.3, -0.25) is 9.88 Å². The first kappa shape index (κ1) is 27.7. The molecule has 1 aliphatic carbocycles. The largest absolute Gasteiger partial charge is 0.461 e. The van der Waals surface area contributed by atoms with Crippen molar-refractivity contribution in [3.63, 3.8) is 0 Å². The molecule has 2 aromatic carbocycles. The molecular formula is C33H28F6N6O2. The molecule has 5 heterocycles. The van der Waals surface area contributed by atoms with Gasteiger partial charge in [-0.25, -0.2) is 26.3 Å². The lowest BCUT2D eigenvalue weighted by Gasteiger charge is -2.31. The van der Waals surface area contributed by atoms with Crippen LogP contribution >= 0.6 is 0 Å². The number of halogens is 6. The first-order valence-corrected chi connectivity index (χ1v) is 15.2. The Hall–Kier alpha value is -4.35. The highest BCUT2D eigenvalue weighted by atomic mass is 19.3. The number of nitrogen functional groups attached to an aromatic ring is 1. The summed E-state index contributed by atoms with van der Waals surface area (Å²) in [5.74, 6) is -5.06. The fourth-order valence-electron chi connectivity index (χ4n) is 7.38. The molecular weight excluding hydrogens is 626 g/mol. The maximum absolute atomic E-state index is 16.9. The summed E-state index contributed by atoms with van der Waals surface area (Å²) in [6, 6.07) is 1.34. The zero-order chi connectivity index (χ0) is 34.6. The smallest absolute Gasteiger partial charge is 0.319 e. The van der Waals surface area contributed by atoms with Crippen molar-refractivity contribution in [3.05, 3.63) is 47.4 Å². The lowest BCUT2D eigenvalue weighted by molar-refractivity contribution is 0.0111. The van der Waals surface area contributed by atoms with Gasteiger partial charge in [-0.1, -0.05) is 5.92 Å². The number of hydrogen-bond acceptors (Lipinski definition) is 8. The number of pyridine rings is 1. The van der Waals surface area contributed by atoms with Gasteiger partial charge in [0.05, 0.1) is 19.2 Å². The van der Waals surface area contributed by atoms with E-state index in [0.717, 1.165) is 12.3 Å². The minimum absolute atomic E-state index is 0.0145. The number of hydrogen-bond donors (Lipinski definition) is 1. The molecule has 0 amide bonds. The number of nitrogens with zero attached hydrogens (tertiary/aromatic N) is 5. The van der Waals surface area contributed by atoms with Gasteiger partial charge in [-0.2, -0.15) is 9.97 Å². The Kier molecular flexibility index (Phi) is 6.24. The Morgan fingerprint density at radius 2 is 1.98 bits per heavy atom. The highest BCUT2D eigenvalue weighted by molar-refractivity contribution is 6.04. The van der Waals surface area contributed by atoms with E-state index in [1.54, 1.807) is 4.90 Å². The Labute approximate surface area is 267 Å². The summed E-state index contributed by atoms with van der Waals surface area (Å²) >= 11 is 0. The van der Waals surface area contributed by atoms with Crippen molar-refractivity contribution in [1.82, 2.24) is 19.9 Å². The van der Waals surface area contributed by atoms with Crippen molar-refractivity contribution in [2.75, 3.05) is 43.4 Å². The van der Waals surface area contributed by atoms with Crippen molar-refractivity contribution in [2.45, 2.75) is 55.5 Å². The van der Waals surface area contributed by atoms with Gasteiger partial charge in [-0.15, -0.1) is 6.42 Å². The van der Waals surface area contributed by atoms with E-state index >= 15 is 4.39 Å². The van der Waals surface area contributed by atoms with Crippen LogP contribution in [0.5, 0.6) is 6.01 Å². The van der Waals surface area contributed by atoms with Gasteiger partial charge in [0.2, 0.25) is 0 Å². The Morgan fingerprint density at radius 1 is 1.15 bits per heavy atom. The molecule has 0 unspecified atom stereocenters. The SMILES string of the molecule is [2H]C([2H])(Oc1nc(N2CCCO[C@@H]3[C@H]2C3(F)F)c2cnc(-c3cc(N)cc4cc(F)c(F)c(C#C)c34)c(F)c2n1)[C@@]12CCCN1C[C@H](F)C2. The molecule has 2 aromatic heterocycles. The predicted molar refractivity (Wildman–Crippen MR) is 161 cm³/mol. The summed E-state index contributed by atoms with van der Waals surface area (Å²) < 4.78 is 120. The van der Waals surface area contributed by atoms with Crippen LogP contribution in [-0.4, -0.2) is 82.4 Å². The lowest BCUT2D eigenvalue weighted by Crippen LogP contribution is -2.43. The van der Waals surface area contributed by atoms with E-state index in [1.807, 2.05) is 0 Å². The summed E-state index contributed by atoms with van der Waals surface area (Å²) in [6.45, 7) is -2.06. The quantitative estimate of drug-likeness (QED) is 0.174. The molecule has 4 aromatic rings. The monoisotopic (exact) mass is 656 g/mol. The van der Waals surface area contributed by atoms with Crippen molar-refractivity contribution >= 4 is 33.2 Å². The molecule has 4 fully saturated rings. The molecule has 3 aliphatic heterocycles. The molecule has 4 atom stereocenters. The minimum atomic E-state index is -3.26. The van der Waals surface area contributed by atoms with Crippen molar-refractivity contribution in [1.29, 1.82) is 0 Å². The maximum atomic E-state index is 16.9. The van der Waals surface area contributed by atoms with Crippen LogP contribution in [0.2, 0.25) is 0 Å². The number of fused-ring (bicyclic) bond motifs is 4. The average Bonchev–Trinajstić information content (AvgIpc) is 3.22. The first-order chi connectivity index (χ1) is 23.3. The van der Waals surface area contributed by atoms with Gasteiger partial charge in [-0.05, 0) is 49.4 Å². The normalized spacial score (nSPS) is 27.6. The number of rotatable bonds is 5. The van der Waals surface area contributed by atoms with E-state index in [-0.39, 0.29) is 65.8 Å². The van der Waals surface area contributed by atoms with E-state index in [4.69, 9.17) is 24.4 Å². The first-order valence-electron chi connectivity index (χ1n) is 16.2. The fraction of sp³-hybridized carbons (Fsp3) is 0.424. The van der Waals surface area contributed by atoms with E-state index in [2.05, 4.69) is 20.9 Å². The van der Waals surface area contributed by atoms with Gasteiger partial charge >= 0.3 is 6.01 Å². The highest BCUT2D eigenvalue weighted by Crippen LogP contribution is 2.52. The summed E-state index contributed by atoms with van der Waals surface area (Å²) in [7, 11) is 0. The number of aromatic nitrogens is 3. The molecule has 47 heavy (non-hydrogen) atoms. The third-order valence-electron chi connectivity index (χ3n) is 9.53. The maximum Gasteiger partial charge on any atom is 0.319 e. The second-order valence-corrected chi connectivity index (χ2v) is 12.4. The van der Waals surface area contributed by atoms with Crippen LogP contribution in [0.15, 0.2) is 24.4 Å². The van der Waals surface area contributed by atoms with Crippen molar-refractivity contribution in [3.8, 4) is 29.6 Å². The summed E-state index contributed by atoms with van der Waals surface area (Å²) in [6.07, 6.45) is 4.98. The molecule has 1 saturated carbocycles. The summed E-state index contributed by atoms with van der Waals surface area (Å²) in [5, 5.41) is -0.0973. The van der Waals surface area contributed by atoms with Crippen molar-refractivity contribution in [2.24, 2.45) is 0 Å². The molecule has 3 saturated heterocycles. The molecule has 0 bridgehead atoms. The van der Waals surface area contributed by atoms with Crippen LogP contribution in [0.3, 0.4) is 0 Å². The number of ether oxygens (including phenoxy) is 2. The van der Waals surface area contributed by atoms with E-state index < -0.39 is 76.6 Å². The second-order valence-electron chi connectivity index (χ2n) is 12.4.